The molecule has 24 heavy (non-hydrogen) atoms. The summed E-state index contributed by atoms with van der Waals surface area (Å²) in [4.78, 5) is 23.6. The van der Waals surface area contributed by atoms with Gasteiger partial charge < -0.3 is 9.15 Å². The Kier molecular flexibility index (Phi) is 4.67. The maximum Gasteiger partial charge on any atom is 0.305 e. The van der Waals surface area contributed by atoms with Gasteiger partial charge in [0, 0.05) is 10.4 Å². The van der Waals surface area contributed by atoms with Gasteiger partial charge in [-0.1, -0.05) is 29.8 Å². The third kappa shape index (κ3) is 3.85. The lowest BCUT2D eigenvalue weighted by atomic mass is 10.2. The van der Waals surface area contributed by atoms with Crippen molar-refractivity contribution in [1.82, 2.24) is 10.9 Å². The summed E-state index contributed by atoms with van der Waals surface area (Å²) in [5.41, 5.74) is 5.13. The molecule has 6 nitrogen and oxygen atoms in total. The molecule has 0 saturated heterocycles. The molecule has 3 aromatic rings. The normalized spacial score (nSPS) is 10.4. The highest BCUT2D eigenvalue weighted by Crippen LogP contribution is 2.18. The second-order valence-corrected chi connectivity index (χ2v) is 5.33. The second kappa shape index (κ2) is 7.06. The Labute approximate surface area is 142 Å². The van der Waals surface area contributed by atoms with E-state index in [9.17, 15) is 9.59 Å². The summed E-state index contributed by atoms with van der Waals surface area (Å²) < 4.78 is 10.7. The minimum Gasteiger partial charge on any atom is -0.484 e. The molecular weight excluding hydrogens is 332 g/mol. The molecule has 7 heteroatoms. The van der Waals surface area contributed by atoms with Crippen LogP contribution in [0.2, 0.25) is 5.02 Å². The number of hydrogen-bond acceptors (Lipinski definition) is 4. The lowest BCUT2D eigenvalue weighted by Crippen LogP contribution is -2.43. The molecule has 0 fully saturated rings. The Hall–Kier alpha value is -2.99. The minimum atomic E-state index is -0.550. The first kappa shape index (κ1) is 15.9. The monoisotopic (exact) mass is 344 g/mol. The first-order valence-electron chi connectivity index (χ1n) is 7.08. The number of furan rings is 1. The summed E-state index contributed by atoms with van der Waals surface area (Å²) in [6.07, 6.45) is 0. The van der Waals surface area contributed by atoms with Gasteiger partial charge in [0.25, 0.3) is 5.91 Å². The molecule has 1 aromatic heterocycles. The van der Waals surface area contributed by atoms with Crippen LogP contribution in [-0.2, 0) is 4.79 Å². The van der Waals surface area contributed by atoms with Gasteiger partial charge in [0.05, 0.1) is 0 Å². The molecule has 0 unspecified atom stereocenters. The van der Waals surface area contributed by atoms with Crippen LogP contribution in [0.1, 0.15) is 10.6 Å². The lowest BCUT2D eigenvalue weighted by Gasteiger charge is -2.07. The number of amides is 2. The van der Waals surface area contributed by atoms with E-state index in [1.54, 1.807) is 36.4 Å². The molecule has 0 saturated carbocycles. The predicted molar refractivity (Wildman–Crippen MR) is 88.8 cm³/mol. The van der Waals surface area contributed by atoms with Crippen LogP contribution >= 0.6 is 11.6 Å². The Morgan fingerprint density at radius 1 is 1.04 bits per heavy atom. The third-order valence-electron chi connectivity index (χ3n) is 3.15. The molecular formula is C17H13ClN2O4. The van der Waals surface area contributed by atoms with Gasteiger partial charge >= 0.3 is 5.91 Å². The fourth-order valence-electron chi connectivity index (χ4n) is 2.00. The number of rotatable bonds is 4. The molecule has 0 aliphatic heterocycles. The van der Waals surface area contributed by atoms with Crippen LogP contribution in [0.25, 0.3) is 11.0 Å². The van der Waals surface area contributed by atoms with E-state index in [1.165, 1.54) is 0 Å². The molecule has 1 heterocycles. The van der Waals surface area contributed by atoms with E-state index in [-0.39, 0.29) is 12.4 Å². The van der Waals surface area contributed by atoms with Gasteiger partial charge in [0.15, 0.2) is 12.4 Å². The van der Waals surface area contributed by atoms with Gasteiger partial charge in [0.2, 0.25) is 0 Å². The summed E-state index contributed by atoms with van der Waals surface area (Å²) in [6, 6.07) is 15.4. The van der Waals surface area contributed by atoms with Crippen LogP contribution in [0.3, 0.4) is 0 Å². The molecule has 0 aliphatic carbocycles. The summed E-state index contributed by atoms with van der Waals surface area (Å²) in [5, 5.41) is 1.38. The average molecular weight is 345 g/mol. The highest BCUT2D eigenvalue weighted by atomic mass is 35.5. The zero-order chi connectivity index (χ0) is 16.9. The molecule has 0 atom stereocenters. The molecule has 0 aliphatic rings. The van der Waals surface area contributed by atoms with Gasteiger partial charge in [-0.3, -0.25) is 20.4 Å². The Morgan fingerprint density at radius 3 is 2.54 bits per heavy atom. The van der Waals surface area contributed by atoms with E-state index < -0.39 is 11.8 Å². The van der Waals surface area contributed by atoms with Crippen molar-refractivity contribution < 1.29 is 18.7 Å². The highest BCUT2D eigenvalue weighted by Gasteiger charge is 2.13. The van der Waals surface area contributed by atoms with E-state index >= 15 is 0 Å². The topological polar surface area (TPSA) is 80.6 Å². The SMILES string of the molecule is O=C(COc1ccc(Cl)cc1)NNC(=O)c1cc2ccccc2o1. The molecule has 0 bridgehead atoms. The van der Waals surface area contributed by atoms with Gasteiger partial charge in [-0.25, -0.2) is 0 Å². The van der Waals surface area contributed by atoms with E-state index in [2.05, 4.69) is 10.9 Å². The Bertz CT molecular complexity index is 841. The van der Waals surface area contributed by atoms with Crippen LogP contribution < -0.4 is 15.6 Å². The van der Waals surface area contributed by atoms with Crippen molar-refractivity contribution in [2.24, 2.45) is 0 Å². The van der Waals surface area contributed by atoms with Crippen molar-refractivity contribution in [2.75, 3.05) is 6.61 Å². The number of nitrogens with one attached hydrogen (secondary N) is 2. The maximum absolute atomic E-state index is 12.0. The van der Waals surface area contributed by atoms with Gasteiger partial charge in [-0.2, -0.15) is 0 Å². The molecule has 0 radical (unpaired) electrons. The maximum atomic E-state index is 12.0. The number of fused-ring (bicyclic) bond motifs is 1. The first-order valence-corrected chi connectivity index (χ1v) is 7.46. The lowest BCUT2D eigenvalue weighted by molar-refractivity contribution is -0.123. The smallest absolute Gasteiger partial charge is 0.305 e. The quantitative estimate of drug-likeness (QED) is 0.713. The molecule has 3 rings (SSSR count). The van der Waals surface area contributed by atoms with E-state index in [0.717, 1.165) is 5.39 Å². The largest absolute Gasteiger partial charge is 0.484 e. The summed E-state index contributed by atoms with van der Waals surface area (Å²) in [6.45, 7) is -0.248. The number of benzene rings is 2. The van der Waals surface area contributed by atoms with Crippen LogP contribution in [0.15, 0.2) is 59.0 Å². The first-order chi connectivity index (χ1) is 11.6. The zero-order valence-electron chi connectivity index (χ0n) is 12.4. The molecule has 2 amide bonds. The van der Waals surface area contributed by atoms with Crippen LogP contribution in [-0.4, -0.2) is 18.4 Å². The number of para-hydroxylation sites is 1. The van der Waals surface area contributed by atoms with Crippen molar-refractivity contribution in [2.45, 2.75) is 0 Å². The van der Waals surface area contributed by atoms with Crippen LogP contribution in [0.5, 0.6) is 5.75 Å². The van der Waals surface area contributed by atoms with Gasteiger partial charge in [-0.15, -0.1) is 0 Å². The molecule has 122 valence electrons. The van der Waals surface area contributed by atoms with E-state index in [4.69, 9.17) is 20.8 Å². The zero-order valence-corrected chi connectivity index (χ0v) is 13.2. The average Bonchev–Trinajstić information content (AvgIpc) is 3.03. The molecule has 2 N–H and O–H groups in total. The van der Waals surface area contributed by atoms with Crippen molar-refractivity contribution in [1.29, 1.82) is 0 Å². The van der Waals surface area contributed by atoms with E-state index in [0.29, 0.717) is 16.4 Å². The number of hydrazine groups is 1. The number of carbonyl (C=O) groups is 2. The predicted octanol–water partition coefficient (Wildman–Crippen LogP) is 2.93. The fraction of sp³-hybridized carbons (Fsp3) is 0.0588. The van der Waals surface area contributed by atoms with Crippen LogP contribution in [0, 0.1) is 0 Å². The highest BCUT2D eigenvalue weighted by molar-refractivity contribution is 6.30. The van der Waals surface area contributed by atoms with Gasteiger partial charge in [-0.05, 0) is 36.4 Å². The third-order valence-corrected chi connectivity index (χ3v) is 3.40. The van der Waals surface area contributed by atoms with Crippen molar-refractivity contribution in [3.8, 4) is 5.75 Å². The molecule has 2 aromatic carbocycles. The van der Waals surface area contributed by atoms with Crippen molar-refractivity contribution in [3.63, 3.8) is 0 Å². The van der Waals surface area contributed by atoms with Crippen molar-refractivity contribution >= 4 is 34.4 Å². The Morgan fingerprint density at radius 2 is 1.79 bits per heavy atom. The summed E-state index contributed by atoms with van der Waals surface area (Å²) >= 11 is 5.76. The number of carbonyl (C=O) groups excluding carboxylic acids is 2. The standard InChI is InChI=1S/C17H13ClN2O4/c18-12-5-7-13(8-6-12)23-10-16(21)19-20-17(22)15-9-11-3-1-2-4-14(11)24-15/h1-9H,10H2,(H,19,21)(H,20,22). The van der Waals surface area contributed by atoms with E-state index in [1.807, 2.05) is 18.2 Å². The minimum absolute atomic E-state index is 0.107. The summed E-state index contributed by atoms with van der Waals surface area (Å²) in [7, 11) is 0. The Balaban J connectivity index is 1.50. The number of ether oxygens (including phenoxy) is 1. The van der Waals surface area contributed by atoms with Crippen molar-refractivity contribution in [3.05, 3.63) is 65.4 Å². The second-order valence-electron chi connectivity index (χ2n) is 4.89. The summed E-state index contributed by atoms with van der Waals surface area (Å²) in [5.74, 6) is -0.450. The fourth-order valence-corrected chi connectivity index (χ4v) is 2.12. The number of hydrogen-bond donors (Lipinski definition) is 2. The molecule has 0 spiro atoms. The van der Waals surface area contributed by atoms with Gasteiger partial charge in [0.1, 0.15) is 11.3 Å². The van der Waals surface area contributed by atoms with Crippen LogP contribution in [0.4, 0.5) is 0 Å². The number of halogens is 1.